The number of hydrogen-bond acceptors (Lipinski definition) is 4. The summed E-state index contributed by atoms with van der Waals surface area (Å²) in [5.74, 6) is 0.143. The van der Waals surface area contributed by atoms with E-state index >= 15 is 0 Å². The van der Waals surface area contributed by atoms with Gasteiger partial charge in [0.05, 0.1) is 5.92 Å². The van der Waals surface area contributed by atoms with Gasteiger partial charge in [-0.2, -0.15) is 0 Å². The fraction of sp³-hybridized carbons (Fsp3) is 0.375. The summed E-state index contributed by atoms with van der Waals surface area (Å²) in [5.41, 5.74) is 1.24. The van der Waals surface area contributed by atoms with Crippen LogP contribution in [0.4, 0.5) is 5.13 Å². The zero-order valence-corrected chi connectivity index (χ0v) is 14.5. The van der Waals surface area contributed by atoms with Crippen LogP contribution in [0.15, 0.2) is 34.9 Å². The van der Waals surface area contributed by atoms with Crippen molar-refractivity contribution in [3.8, 4) is 0 Å². The first kappa shape index (κ1) is 15.6. The Balaban J connectivity index is 1.58. The Bertz CT molecular complexity index is 635. The number of piperidine rings is 1. The van der Waals surface area contributed by atoms with E-state index in [1.165, 1.54) is 5.56 Å². The second-order valence-corrected chi connectivity index (χ2v) is 7.50. The summed E-state index contributed by atoms with van der Waals surface area (Å²) in [5, 5.41) is 6.91. The molecule has 0 radical (unpaired) electrons. The van der Waals surface area contributed by atoms with Crippen LogP contribution in [-0.4, -0.2) is 24.0 Å². The maximum Gasteiger partial charge on any atom is 0.230 e. The van der Waals surface area contributed by atoms with E-state index in [-0.39, 0.29) is 11.8 Å². The third-order valence-electron chi connectivity index (χ3n) is 3.74. The molecule has 3 rings (SSSR count). The van der Waals surface area contributed by atoms with Crippen molar-refractivity contribution in [3.63, 3.8) is 0 Å². The molecule has 1 aromatic carbocycles. The van der Waals surface area contributed by atoms with Crippen molar-refractivity contribution >= 4 is 38.3 Å². The van der Waals surface area contributed by atoms with Gasteiger partial charge >= 0.3 is 0 Å². The summed E-state index contributed by atoms with van der Waals surface area (Å²) in [6.07, 6.45) is 4.70. The Labute approximate surface area is 142 Å². The Kier molecular flexibility index (Phi) is 5.23. The summed E-state index contributed by atoms with van der Waals surface area (Å²) < 4.78 is 1.08. The van der Waals surface area contributed by atoms with E-state index in [0.29, 0.717) is 5.13 Å². The molecule has 2 heterocycles. The molecule has 1 aliphatic rings. The van der Waals surface area contributed by atoms with E-state index in [1.807, 2.05) is 18.3 Å². The third-order valence-corrected chi connectivity index (χ3v) is 5.18. The third kappa shape index (κ3) is 4.15. The van der Waals surface area contributed by atoms with E-state index in [0.717, 1.165) is 41.7 Å². The van der Waals surface area contributed by atoms with Crippen LogP contribution in [-0.2, 0) is 11.2 Å². The molecule has 1 saturated heterocycles. The van der Waals surface area contributed by atoms with Crippen molar-refractivity contribution in [1.29, 1.82) is 0 Å². The minimum atomic E-state index is 0.0626. The first-order chi connectivity index (χ1) is 10.7. The Hall–Kier alpha value is -1.24. The fourth-order valence-electron chi connectivity index (χ4n) is 2.53. The Morgan fingerprint density at radius 1 is 1.41 bits per heavy atom. The van der Waals surface area contributed by atoms with Crippen molar-refractivity contribution in [2.75, 3.05) is 18.4 Å². The summed E-state index contributed by atoms with van der Waals surface area (Å²) in [4.78, 5) is 17.7. The van der Waals surface area contributed by atoms with Gasteiger partial charge in [0.1, 0.15) is 0 Å². The van der Waals surface area contributed by atoms with Crippen LogP contribution in [0.1, 0.15) is 23.3 Å². The molecule has 1 fully saturated rings. The molecule has 0 spiro atoms. The minimum absolute atomic E-state index is 0.0626. The van der Waals surface area contributed by atoms with Gasteiger partial charge in [0.15, 0.2) is 5.13 Å². The molecule has 2 N–H and O–H groups in total. The molecule has 0 bridgehead atoms. The molecule has 0 saturated carbocycles. The van der Waals surface area contributed by atoms with Gasteiger partial charge in [-0.25, -0.2) is 4.98 Å². The number of thiazole rings is 1. The highest BCUT2D eigenvalue weighted by Gasteiger charge is 2.21. The molecular weight excluding hydrogens is 362 g/mol. The SMILES string of the molecule is O=C(Nc1ncc(Cc2ccc(Br)cc2)s1)C1CCCNC1. The highest BCUT2D eigenvalue weighted by atomic mass is 79.9. The summed E-state index contributed by atoms with van der Waals surface area (Å²) in [6, 6.07) is 8.26. The number of carbonyl (C=O) groups excluding carboxylic acids is 1. The second-order valence-electron chi connectivity index (χ2n) is 5.47. The summed E-state index contributed by atoms with van der Waals surface area (Å²) in [7, 11) is 0. The topological polar surface area (TPSA) is 54.0 Å². The molecule has 1 amide bonds. The quantitative estimate of drug-likeness (QED) is 0.855. The zero-order chi connectivity index (χ0) is 15.4. The number of benzene rings is 1. The molecule has 6 heteroatoms. The number of hydrogen-bond donors (Lipinski definition) is 2. The summed E-state index contributed by atoms with van der Waals surface area (Å²) in [6.45, 7) is 1.78. The average Bonchev–Trinajstić information content (AvgIpc) is 2.97. The Morgan fingerprint density at radius 3 is 2.95 bits per heavy atom. The average molecular weight is 380 g/mol. The van der Waals surface area contributed by atoms with Crippen molar-refractivity contribution < 1.29 is 4.79 Å². The van der Waals surface area contributed by atoms with E-state index in [9.17, 15) is 4.79 Å². The highest BCUT2D eigenvalue weighted by molar-refractivity contribution is 9.10. The van der Waals surface area contributed by atoms with Gasteiger partial charge in [0.2, 0.25) is 5.91 Å². The van der Waals surface area contributed by atoms with Crippen LogP contribution in [0, 0.1) is 5.92 Å². The maximum absolute atomic E-state index is 12.2. The number of aromatic nitrogens is 1. The molecule has 4 nitrogen and oxygen atoms in total. The normalized spacial score (nSPS) is 18.1. The van der Waals surface area contributed by atoms with E-state index in [4.69, 9.17) is 0 Å². The van der Waals surface area contributed by atoms with Crippen LogP contribution in [0.25, 0.3) is 0 Å². The highest BCUT2D eigenvalue weighted by Crippen LogP contribution is 2.23. The predicted molar refractivity (Wildman–Crippen MR) is 93.3 cm³/mol. The van der Waals surface area contributed by atoms with E-state index in [2.05, 4.69) is 43.7 Å². The van der Waals surface area contributed by atoms with Crippen molar-refractivity contribution in [3.05, 3.63) is 45.4 Å². The number of nitrogens with one attached hydrogen (secondary N) is 2. The largest absolute Gasteiger partial charge is 0.316 e. The number of carbonyl (C=O) groups is 1. The first-order valence-corrected chi connectivity index (χ1v) is 9.02. The maximum atomic E-state index is 12.2. The monoisotopic (exact) mass is 379 g/mol. The van der Waals surface area contributed by atoms with Crippen LogP contribution < -0.4 is 10.6 Å². The van der Waals surface area contributed by atoms with Gasteiger partial charge in [0.25, 0.3) is 0 Å². The molecule has 1 aromatic heterocycles. The van der Waals surface area contributed by atoms with Gasteiger partial charge in [0, 0.05) is 28.5 Å². The predicted octanol–water partition coefficient (Wildman–Crippen LogP) is 3.43. The lowest BCUT2D eigenvalue weighted by Gasteiger charge is -2.21. The number of nitrogens with zero attached hydrogens (tertiary/aromatic N) is 1. The molecule has 22 heavy (non-hydrogen) atoms. The molecule has 2 aromatic rings. The van der Waals surface area contributed by atoms with E-state index in [1.54, 1.807) is 11.3 Å². The lowest BCUT2D eigenvalue weighted by molar-refractivity contribution is -0.120. The van der Waals surface area contributed by atoms with Crippen LogP contribution in [0.3, 0.4) is 0 Å². The molecule has 116 valence electrons. The van der Waals surface area contributed by atoms with Crippen molar-refractivity contribution in [2.45, 2.75) is 19.3 Å². The fourth-order valence-corrected chi connectivity index (χ4v) is 3.65. The van der Waals surface area contributed by atoms with Gasteiger partial charge in [-0.15, -0.1) is 11.3 Å². The molecule has 1 atom stereocenters. The molecular formula is C16H18BrN3OS. The Morgan fingerprint density at radius 2 is 2.23 bits per heavy atom. The van der Waals surface area contributed by atoms with Gasteiger partial charge in [-0.1, -0.05) is 28.1 Å². The molecule has 0 aliphatic carbocycles. The van der Waals surface area contributed by atoms with Gasteiger partial charge in [-0.3, -0.25) is 4.79 Å². The standard InChI is InChI=1S/C16H18BrN3OS/c17-13-5-3-11(4-6-13)8-14-10-19-16(22-14)20-15(21)12-2-1-7-18-9-12/h3-6,10,12,18H,1-2,7-9H2,(H,19,20,21). The number of anilines is 1. The van der Waals surface area contributed by atoms with Crippen molar-refractivity contribution in [1.82, 2.24) is 10.3 Å². The smallest absolute Gasteiger partial charge is 0.230 e. The first-order valence-electron chi connectivity index (χ1n) is 7.41. The van der Waals surface area contributed by atoms with Crippen molar-refractivity contribution in [2.24, 2.45) is 5.92 Å². The number of rotatable bonds is 4. The lowest BCUT2D eigenvalue weighted by atomic mass is 9.99. The molecule has 1 unspecified atom stereocenters. The number of amides is 1. The second kappa shape index (κ2) is 7.35. The van der Waals surface area contributed by atoms with E-state index < -0.39 is 0 Å². The number of halogens is 1. The zero-order valence-electron chi connectivity index (χ0n) is 12.1. The minimum Gasteiger partial charge on any atom is -0.316 e. The van der Waals surface area contributed by atoms with Crippen LogP contribution in [0.2, 0.25) is 0 Å². The lowest BCUT2D eigenvalue weighted by Crippen LogP contribution is -2.37. The van der Waals surface area contributed by atoms with Crippen LogP contribution >= 0.6 is 27.3 Å². The summed E-state index contributed by atoms with van der Waals surface area (Å²) >= 11 is 4.99. The van der Waals surface area contributed by atoms with Gasteiger partial charge < -0.3 is 10.6 Å². The van der Waals surface area contributed by atoms with Crippen LogP contribution in [0.5, 0.6) is 0 Å². The molecule has 1 aliphatic heterocycles. The van der Waals surface area contributed by atoms with Gasteiger partial charge in [-0.05, 0) is 37.1 Å².